The normalized spacial score (nSPS) is 12.1. The Morgan fingerprint density at radius 3 is 2.70 bits per heavy atom. The smallest absolute Gasteiger partial charge is 0.252 e. The molecule has 1 atom stereocenters. The second kappa shape index (κ2) is 8.33. The fourth-order valence-corrected chi connectivity index (χ4v) is 2.36. The van der Waals surface area contributed by atoms with Crippen LogP contribution in [0.25, 0.3) is 0 Å². The minimum Gasteiger partial charge on any atom is -0.497 e. The number of aromatic amines is 1. The van der Waals surface area contributed by atoms with Gasteiger partial charge in [0.2, 0.25) is 0 Å². The molecule has 1 heterocycles. The molecule has 124 valence electrons. The van der Waals surface area contributed by atoms with E-state index in [1.807, 2.05) is 12.1 Å². The molecule has 0 aliphatic heterocycles. The van der Waals surface area contributed by atoms with Gasteiger partial charge >= 0.3 is 0 Å². The molecule has 0 bridgehead atoms. The van der Waals surface area contributed by atoms with Crippen molar-refractivity contribution in [2.75, 3.05) is 19.4 Å². The third-order valence-corrected chi connectivity index (χ3v) is 3.69. The maximum Gasteiger partial charge on any atom is 0.252 e. The lowest BCUT2D eigenvalue weighted by Crippen LogP contribution is -2.29. The second-order valence-electron chi connectivity index (χ2n) is 5.61. The Bertz CT molecular complexity index is 667. The Balaban J connectivity index is 1.72. The highest BCUT2D eigenvalue weighted by atomic mass is 16.5. The summed E-state index contributed by atoms with van der Waals surface area (Å²) in [4.78, 5) is 18.1. The number of benzene rings is 1. The summed E-state index contributed by atoms with van der Waals surface area (Å²) in [6.07, 6.45) is 2.69. The second-order valence-corrected chi connectivity index (χ2v) is 5.61. The Morgan fingerprint density at radius 1 is 1.30 bits per heavy atom. The van der Waals surface area contributed by atoms with Crippen LogP contribution >= 0.6 is 0 Å². The molecule has 0 aliphatic rings. The highest BCUT2D eigenvalue weighted by Crippen LogP contribution is 2.13. The minimum atomic E-state index is -0.208. The molecule has 6 heteroatoms. The number of anilines is 1. The first-order valence-corrected chi connectivity index (χ1v) is 7.79. The van der Waals surface area contributed by atoms with Crippen molar-refractivity contribution in [2.24, 2.45) is 0 Å². The Kier molecular flexibility index (Phi) is 6.17. The zero-order valence-corrected chi connectivity index (χ0v) is 13.6. The van der Waals surface area contributed by atoms with Gasteiger partial charge in [-0.05, 0) is 37.5 Å². The van der Waals surface area contributed by atoms with Crippen LogP contribution in [0.3, 0.4) is 0 Å². The summed E-state index contributed by atoms with van der Waals surface area (Å²) < 4.78 is 5.15. The average molecular weight is 316 g/mol. The molecule has 23 heavy (non-hydrogen) atoms. The maximum absolute atomic E-state index is 11.3. The Labute approximate surface area is 136 Å². The number of methoxy groups -OCH3 is 1. The van der Waals surface area contributed by atoms with E-state index in [2.05, 4.69) is 34.3 Å². The van der Waals surface area contributed by atoms with Crippen molar-refractivity contribution in [3.63, 3.8) is 0 Å². The van der Waals surface area contributed by atoms with Crippen LogP contribution < -0.4 is 21.3 Å². The van der Waals surface area contributed by atoms with Crippen molar-refractivity contribution >= 4 is 5.82 Å². The molecule has 0 amide bonds. The maximum atomic E-state index is 11.3. The molecule has 0 saturated heterocycles. The van der Waals surface area contributed by atoms with Gasteiger partial charge in [0.15, 0.2) is 0 Å². The highest BCUT2D eigenvalue weighted by Gasteiger charge is 2.04. The van der Waals surface area contributed by atoms with Gasteiger partial charge in [0.05, 0.1) is 7.11 Å². The third-order valence-electron chi connectivity index (χ3n) is 3.69. The van der Waals surface area contributed by atoms with E-state index in [9.17, 15) is 4.79 Å². The fourth-order valence-electron chi connectivity index (χ4n) is 2.36. The average Bonchev–Trinajstić information content (AvgIpc) is 2.52. The number of H-pyrrole nitrogens is 1. The van der Waals surface area contributed by atoms with Crippen molar-refractivity contribution in [3.05, 3.63) is 52.1 Å². The summed E-state index contributed by atoms with van der Waals surface area (Å²) in [5, 5.41) is 3.44. The Hall–Kier alpha value is -2.34. The molecule has 0 aliphatic carbocycles. The van der Waals surface area contributed by atoms with E-state index < -0.39 is 0 Å². The van der Waals surface area contributed by atoms with Crippen LogP contribution in [0.2, 0.25) is 0 Å². The summed E-state index contributed by atoms with van der Waals surface area (Å²) >= 11 is 0. The molecule has 0 spiro atoms. The predicted molar refractivity (Wildman–Crippen MR) is 91.8 cm³/mol. The number of nitrogens with two attached hydrogens (primary N) is 1. The van der Waals surface area contributed by atoms with Crippen LogP contribution in [-0.4, -0.2) is 29.7 Å². The van der Waals surface area contributed by atoms with Crippen LogP contribution in [0.4, 0.5) is 5.82 Å². The number of nitrogen functional groups attached to an aromatic ring is 1. The summed E-state index contributed by atoms with van der Waals surface area (Å²) in [6, 6.07) is 9.81. The van der Waals surface area contributed by atoms with Gasteiger partial charge in [-0.25, -0.2) is 4.98 Å². The van der Waals surface area contributed by atoms with Gasteiger partial charge in [-0.15, -0.1) is 0 Å². The van der Waals surface area contributed by atoms with Crippen LogP contribution in [-0.2, 0) is 12.8 Å². The molecule has 0 radical (unpaired) electrons. The number of rotatable bonds is 8. The van der Waals surface area contributed by atoms with Gasteiger partial charge in [0.25, 0.3) is 5.56 Å². The van der Waals surface area contributed by atoms with Crippen molar-refractivity contribution in [1.82, 2.24) is 15.3 Å². The molecule has 2 rings (SSSR count). The topological polar surface area (TPSA) is 93.0 Å². The van der Waals surface area contributed by atoms with E-state index in [1.54, 1.807) is 7.11 Å². The lowest BCUT2D eigenvalue weighted by Gasteiger charge is -2.13. The predicted octanol–water partition coefficient (Wildman–Crippen LogP) is 1.51. The molecular formula is C17H24N4O2. The van der Waals surface area contributed by atoms with Gasteiger partial charge in [0.1, 0.15) is 17.4 Å². The molecule has 6 nitrogen and oxygen atoms in total. The largest absolute Gasteiger partial charge is 0.497 e. The number of aryl methyl sites for hydroxylation is 1. The number of nitrogens with zero attached hydrogens (tertiary/aromatic N) is 1. The first-order chi connectivity index (χ1) is 11.1. The zero-order valence-electron chi connectivity index (χ0n) is 13.6. The van der Waals surface area contributed by atoms with Crippen molar-refractivity contribution in [1.29, 1.82) is 0 Å². The van der Waals surface area contributed by atoms with Crippen LogP contribution in [0.15, 0.2) is 35.1 Å². The minimum absolute atomic E-state index is 0.208. The molecule has 1 unspecified atom stereocenters. The number of hydrogen-bond acceptors (Lipinski definition) is 5. The summed E-state index contributed by atoms with van der Waals surface area (Å²) in [5.74, 6) is 1.75. The lowest BCUT2D eigenvalue weighted by atomic mass is 10.1. The quantitative estimate of drug-likeness (QED) is 0.686. The third kappa shape index (κ3) is 5.75. The first-order valence-electron chi connectivity index (χ1n) is 7.79. The van der Waals surface area contributed by atoms with E-state index in [4.69, 9.17) is 10.5 Å². The SMILES string of the molecule is COc1ccc(CCC(C)NCCc2nc(N)cc(=O)[nH]2)cc1. The number of nitrogens with one attached hydrogen (secondary N) is 2. The van der Waals surface area contributed by atoms with Gasteiger partial charge in [-0.3, -0.25) is 4.79 Å². The highest BCUT2D eigenvalue weighted by molar-refractivity contribution is 5.27. The van der Waals surface area contributed by atoms with Gasteiger partial charge < -0.3 is 20.8 Å². The fraction of sp³-hybridized carbons (Fsp3) is 0.412. The van der Waals surface area contributed by atoms with Gasteiger partial charge in [0, 0.05) is 25.1 Å². The van der Waals surface area contributed by atoms with Crippen LogP contribution in [0, 0.1) is 0 Å². The number of ether oxygens (including phenoxy) is 1. The molecule has 0 fully saturated rings. The number of hydrogen-bond donors (Lipinski definition) is 3. The summed E-state index contributed by atoms with van der Waals surface area (Å²) in [6.45, 7) is 2.90. The van der Waals surface area contributed by atoms with E-state index in [0.29, 0.717) is 18.3 Å². The first kappa shape index (κ1) is 17.0. The summed E-state index contributed by atoms with van der Waals surface area (Å²) in [7, 11) is 1.67. The monoisotopic (exact) mass is 316 g/mol. The zero-order chi connectivity index (χ0) is 16.7. The molecule has 1 aromatic carbocycles. The molecule has 0 saturated carbocycles. The van der Waals surface area contributed by atoms with Gasteiger partial charge in [-0.2, -0.15) is 0 Å². The molecule has 4 N–H and O–H groups in total. The standard InChI is InChI=1S/C17H24N4O2/c1-12(3-4-13-5-7-14(23-2)8-6-13)19-10-9-16-20-15(18)11-17(22)21-16/h5-8,11-12,19H,3-4,9-10H2,1-2H3,(H3,18,20,21,22). The summed E-state index contributed by atoms with van der Waals surface area (Å²) in [5.41, 5.74) is 6.65. The van der Waals surface area contributed by atoms with E-state index in [1.165, 1.54) is 11.6 Å². The van der Waals surface area contributed by atoms with E-state index >= 15 is 0 Å². The Morgan fingerprint density at radius 2 is 2.04 bits per heavy atom. The van der Waals surface area contributed by atoms with Crippen LogP contribution in [0.1, 0.15) is 24.7 Å². The van der Waals surface area contributed by atoms with E-state index in [-0.39, 0.29) is 11.4 Å². The van der Waals surface area contributed by atoms with Crippen molar-refractivity contribution in [3.8, 4) is 5.75 Å². The number of aromatic nitrogens is 2. The van der Waals surface area contributed by atoms with Gasteiger partial charge in [-0.1, -0.05) is 12.1 Å². The van der Waals surface area contributed by atoms with Crippen LogP contribution in [0.5, 0.6) is 5.75 Å². The lowest BCUT2D eigenvalue weighted by molar-refractivity contribution is 0.414. The molecular weight excluding hydrogens is 292 g/mol. The molecule has 1 aromatic heterocycles. The van der Waals surface area contributed by atoms with Crippen molar-refractivity contribution < 1.29 is 4.74 Å². The molecule has 2 aromatic rings. The van der Waals surface area contributed by atoms with Crippen molar-refractivity contribution in [2.45, 2.75) is 32.2 Å². The van der Waals surface area contributed by atoms with E-state index in [0.717, 1.165) is 25.1 Å².